The van der Waals surface area contributed by atoms with Gasteiger partial charge in [-0.3, -0.25) is 5.10 Å². The Morgan fingerprint density at radius 1 is 1.29 bits per heavy atom. The lowest BCUT2D eigenvalue weighted by atomic mass is 10.2. The molecule has 0 bridgehead atoms. The molecule has 0 atom stereocenters. The molecule has 0 spiro atoms. The van der Waals surface area contributed by atoms with E-state index in [4.69, 9.17) is 22.1 Å². The zero-order valence-corrected chi connectivity index (χ0v) is 11.7. The number of ether oxygens (including phenoxy) is 1. The summed E-state index contributed by atoms with van der Waals surface area (Å²) in [4.78, 5) is 12.1. The summed E-state index contributed by atoms with van der Waals surface area (Å²) in [6, 6.07) is 12.3. The summed E-state index contributed by atoms with van der Waals surface area (Å²) >= 11 is 5.88. The molecular formula is C15H12ClN3O2. The lowest BCUT2D eigenvalue weighted by Gasteiger charge is -2.04. The van der Waals surface area contributed by atoms with Crippen LogP contribution in [0.15, 0.2) is 42.5 Å². The first-order chi connectivity index (χ1) is 10.1. The zero-order chi connectivity index (χ0) is 14.8. The van der Waals surface area contributed by atoms with Crippen molar-refractivity contribution in [1.29, 1.82) is 0 Å². The lowest BCUT2D eigenvalue weighted by Crippen LogP contribution is -2.06. The number of hydrogen-bond acceptors (Lipinski definition) is 4. The van der Waals surface area contributed by atoms with E-state index < -0.39 is 5.97 Å². The number of rotatable bonds is 3. The first-order valence-corrected chi connectivity index (χ1v) is 6.66. The van der Waals surface area contributed by atoms with Crippen LogP contribution < -0.4 is 5.73 Å². The molecule has 0 amide bonds. The van der Waals surface area contributed by atoms with Gasteiger partial charge in [0.2, 0.25) is 0 Å². The maximum absolute atomic E-state index is 12.1. The van der Waals surface area contributed by atoms with E-state index >= 15 is 0 Å². The molecular weight excluding hydrogens is 290 g/mol. The number of H-pyrrole nitrogens is 1. The number of anilines is 1. The number of nitrogens with one attached hydrogen (secondary N) is 1. The molecule has 0 aliphatic heterocycles. The molecule has 0 saturated heterocycles. The van der Waals surface area contributed by atoms with Gasteiger partial charge >= 0.3 is 5.97 Å². The van der Waals surface area contributed by atoms with E-state index in [1.807, 2.05) is 6.07 Å². The Morgan fingerprint density at radius 3 is 2.95 bits per heavy atom. The molecule has 1 aromatic heterocycles. The van der Waals surface area contributed by atoms with Crippen LogP contribution in [-0.2, 0) is 11.3 Å². The Balaban J connectivity index is 1.79. The minimum absolute atomic E-state index is 0.135. The molecule has 21 heavy (non-hydrogen) atoms. The van der Waals surface area contributed by atoms with Crippen LogP contribution in [0.5, 0.6) is 0 Å². The highest BCUT2D eigenvalue weighted by Crippen LogP contribution is 2.20. The van der Waals surface area contributed by atoms with Gasteiger partial charge in [0.1, 0.15) is 6.61 Å². The molecule has 1 heterocycles. The van der Waals surface area contributed by atoms with E-state index in [2.05, 4.69) is 10.2 Å². The predicted molar refractivity (Wildman–Crippen MR) is 81.1 cm³/mol. The summed E-state index contributed by atoms with van der Waals surface area (Å²) in [5.41, 5.74) is 8.06. The van der Waals surface area contributed by atoms with E-state index in [9.17, 15) is 4.79 Å². The summed E-state index contributed by atoms with van der Waals surface area (Å²) in [6.07, 6.45) is 0. The lowest BCUT2D eigenvalue weighted by molar-refractivity contribution is 0.0468. The Morgan fingerprint density at radius 2 is 2.14 bits per heavy atom. The third kappa shape index (κ3) is 2.83. The molecule has 106 valence electrons. The largest absolute Gasteiger partial charge is 0.456 e. The number of aromatic amines is 1. The number of carbonyl (C=O) groups excluding carboxylic acids is 1. The number of benzene rings is 2. The quantitative estimate of drug-likeness (QED) is 0.575. The number of nitrogens with two attached hydrogens (primary N) is 1. The molecule has 0 saturated carbocycles. The Hall–Kier alpha value is -2.53. The number of esters is 1. The van der Waals surface area contributed by atoms with Gasteiger partial charge in [-0.25, -0.2) is 4.79 Å². The van der Waals surface area contributed by atoms with Crippen molar-refractivity contribution in [3.63, 3.8) is 0 Å². The van der Waals surface area contributed by atoms with Crippen molar-refractivity contribution in [3.05, 3.63) is 58.7 Å². The fourth-order valence-electron chi connectivity index (χ4n) is 2.03. The van der Waals surface area contributed by atoms with Gasteiger partial charge in [-0.05, 0) is 35.9 Å². The summed E-state index contributed by atoms with van der Waals surface area (Å²) in [5, 5.41) is 8.00. The maximum Gasteiger partial charge on any atom is 0.359 e. The van der Waals surface area contributed by atoms with Crippen molar-refractivity contribution in [2.45, 2.75) is 6.61 Å². The molecule has 2 aromatic carbocycles. The highest BCUT2D eigenvalue weighted by Gasteiger charge is 2.15. The van der Waals surface area contributed by atoms with Crippen molar-refractivity contribution in [2.75, 3.05) is 5.73 Å². The maximum atomic E-state index is 12.1. The molecule has 6 heteroatoms. The van der Waals surface area contributed by atoms with Crippen LogP contribution >= 0.6 is 11.6 Å². The second-order valence-corrected chi connectivity index (χ2v) is 5.02. The van der Waals surface area contributed by atoms with Gasteiger partial charge in [-0.1, -0.05) is 23.7 Å². The number of carbonyl (C=O) groups is 1. The Bertz CT molecular complexity index is 814. The monoisotopic (exact) mass is 301 g/mol. The van der Waals surface area contributed by atoms with Gasteiger partial charge in [0, 0.05) is 16.1 Å². The standard InChI is InChI=1S/C15H12ClN3O2/c16-10-3-1-2-9(6-10)8-21-15(20)14-12-7-11(17)4-5-13(12)18-19-14/h1-7H,8,17H2,(H,18,19). The number of hydrogen-bond donors (Lipinski definition) is 2. The summed E-state index contributed by atoms with van der Waals surface area (Å²) in [6.45, 7) is 0.135. The molecule has 0 unspecified atom stereocenters. The van der Waals surface area contributed by atoms with Crippen molar-refractivity contribution in [1.82, 2.24) is 10.2 Å². The molecule has 3 aromatic rings. The molecule has 5 nitrogen and oxygen atoms in total. The zero-order valence-electron chi connectivity index (χ0n) is 11.0. The van der Waals surface area contributed by atoms with Crippen LogP contribution in [0.25, 0.3) is 10.9 Å². The van der Waals surface area contributed by atoms with E-state index in [0.717, 1.165) is 11.1 Å². The fraction of sp³-hybridized carbons (Fsp3) is 0.0667. The average Bonchev–Trinajstić information content (AvgIpc) is 2.88. The molecule has 0 aliphatic carbocycles. The Kier molecular flexibility index (Phi) is 3.50. The third-order valence-electron chi connectivity index (χ3n) is 3.04. The van der Waals surface area contributed by atoms with Crippen LogP contribution in [0.1, 0.15) is 16.1 Å². The van der Waals surface area contributed by atoms with Gasteiger partial charge in [0.15, 0.2) is 5.69 Å². The second-order valence-electron chi connectivity index (χ2n) is 4.58. The van der Waals surface area contributed by atoms with Gasteiger partial charge in [0.05, 0.1) is 5.52 Å². The average molecular weight is 302 g/mol. The highest BCUT2D eigenvalue weighted by atomic mass is 35.5. The summed E-state index contributed by atoms with van der Waals surface area (Å²) in [5.74, 6) is -0.508. The van der Waals surface area contributed by atoms with Gasteiger partial charge in [0.25, 0.3) is 0 Å². The molecule has 0 aliphatic rings. The van der Waals surface area contributed by atoms with E-state index in [-0.39, 0.29) is 12.3 Å². The highest BCUT2D eigenvalue weighted by molar-refractivity contribution is 6.30. The van der Waals surface area contributed by atoms with Crippen LogP contribution in [0, 0.1) is 0 Å². The first-order valence-electron chi connectivity index (χ1n) is 6.28. The number of nitrogen functional groups attached to an aromatic ring is 1. The predicted octanol–water partition coefficient (Wildman–Crippen LogP) is 3.16. The number of fused-ring (bicyclic) bond motifs is 1. The normalized spacial score (nSPS) is 10.7. The molecule has 3 N–H and O–H groups in total. The summed E-state index contributed by atoms with van der Waals surface area (Å²) < 4.78 is 5.25. The third-order valence-corrected chi connectivity index (χ3v) is 3.27. The van der Waals surface area contributed by atoms with Gasteiger partial charge in [-0.15, -0.1) is 0 Å². The number of nitrogens with zero attached hydrogens (tertiary/aromatic N) is 1. The van der Waals surface area contributed by atoms with E-state index in [1.54, 1.807) is 36.4 Å². The van der Waals surface area contributed by atoms with Crippen molar-refractivity contribution in [2.24, 2.45) is 0 Å². The molecule has 0 radical (unpaired) electrons. The molecule has 3 rings (SSSR count). The van der Waals surface area contributed by atoms with Crippen LogP contribution in [0.4, 0.5) is 5.69 Å². The van der Waals surface area contributed by atoms with Crippen LogP contribution in [0.2, 0.25) is 5.02 Å². The van der Waals surface area contributed by atoms with Gasteiger partial charge in [-0.2, -0.15) is 5.10 Å². The van der Waals surface area contributed by atoms with Crippen molar-refractivity contribution < 1.29 is 9.53 Å². The molecule has 0 fully saturated rings. The fourth-order valence-corrected chi connectivity index (χ4v) is 2.24. The number of halogens is 1. The van der Waals surface area contributed by atoms with Crippen molar-refractivity contribution in [3.8, 4) is 0 Å². The number of aromatic nitrogens is 2. The van der Waals surface area contributed by atoms with E-state index in [0.29, 0.717) is 16.1 Å². The summed E-state index contributed by atoms with van der Waals surface area (Å²) in [7, 11) is 0. The first kappa shape index (κ1) is 13.5. The topological polar surface area (TPSA) is 81.0 Å². The minimum Gasteiger partial charge on any atom is -0.456 e. The van der Waals surface area contributed by atoms with Gasteiger partial charge < -0.3 is 10.5 Å². The SMILES string of the molecule is Nc1ccc2[nH]nc(C(=O)OCc3cccc(Cl)c3)c2c1. The Labute approximate surface area is 125 Å². The van der Waals surface area contributed by atoms with E-state index in [1.165, 1.54) is 0 Å². The van der Waals surface area contributed by atoms with Crippen LogP contribution in [0.3, 0.4) is 0 Å². The second kappa shape index (κ2) is 5.46. The van der Waals surface area contributed by atoms with Crippen molar-refractivity contribution >= 4 is 34.2 Å². The van der Waals surface area contributed by atoms with Crippen LogP contribution in [-0.4, -0.2) is 16.2 Å². The minimum atomic E-state index is -0.508. The smallest absolute Gasteiger partial charge is 0.359 e.